The van der Waals surface area contributed by atoms with Crippen LogP contribution in [-0.2, 0) is 36.4 Å². The summed E-state index contributed by atoms with van der Waals surface area (Å²) in [5.74, 6) is -2.04. The largest absolute Gasteiger partial charge is 0.462 e. The van der Waals surface area contributed by atoms with E-state index in [1.807, 2.05) is 6.92 Å². The van der Waals surface area contributed by atoms with Gasteiger partial charge in [0.25, 0.3) is 0 Å². The standard InChI is InChI=1S/C26H30N4O7S3/c1-6-13-30-19(15-40(34,35)18-11-9-16(4)10-12-18)28-29-26(30)38-14-20(31)27-23-21(24(32)36-7-2)17(5)22(39-23)25(33)37-8-3/h6,9-12H,1,7-8,13-15H2,2-5H3,(H,27,31). The number of allylic oxidation sites excluding steroid dienone is 1. The van der Waals surface area contributed by atoms with Crippen LogP contribution in [0.3, 0.4) is 0 Å². The highest BCUT2D eigenvalue weighted by atomic mass is 32.2. The lowest BCUT2D eigenvalue weighted by Gasteiger charge is -2.09. The second-order valence-corrected chi connectivity index (χ2v) is 12.4. The van der Waals surface area contributed by atoms with Gasteiger partial charge in [0, 0.05) is 6.54 Å². The first-order valence-corrected chi connectivity index (χ1v) is 15.7. The van der Waals surface area contributed by atoms with Crippen molar-refractivity contribution in [3.63, 3.8) is 0 Å². The molecule has 214 valence electrons. The second kappa shape index (κ2) is 13.7. The lowest BCUT2D eigenvalue weighted by Crippen LogP contribution is -2.17. The molecule has 40 heavy (non-hydrogen) atoms. The summed E-state index contributed by atoms with van der Waals surface area (Å²) >= 11 is 1.97. The lowest BCUT2D eigenvalue weighted by atomic mass is 10.1. The molecule has 0 saturated heterocycles. The minimum absolute atomic E-state index is 0.0895. The molecule has 1 aromatic carbocycles. The van der Waals surface area contributed by atoms with E-state index in [1.54, 1.807) is 55.7 Å². The van der Waals surface area contributed by atoms with Crippen LogP contribution >= 0.6 is 23.1 Å². The Labute approximate surface area is 240 Å². The number of esters is 2. The number of thioether (sulfide) groups is 1. The molecule has 11 nitrogen and oxygen atoms in total. The molecule has 3 aromatic rings. The zero-order valence-corrected chi connectivity index (χ0v) is 25.0. The molecule has 0 aliphatic carbocycles. The monoisotopic (exact) mass is 606 g/mol. The van der Waals surface area contributed by atoms with Gasteiger partial charge in [-0.25, -0.2) is 18.0 Å². The Morgan fingerprint density at radius 1 is 1.07 bits per heavy atom. The maximum atomic E-state index is 13.0. The number of anilines is 1. The van der Waals surface area contributed by atoms with E-state index in [9.17, 15) is 22.8 Å². The van der Waals surface area contributed by atoms with E-state index in [0.29, 0.717) is 10.7 Å². The molecule has 2 heterocycles. The van der Waals surface area contributed by atoms with E-state index in [-0.39, 0.29) is 57.4 Å². The molecule has 2 aromatic heterocycles. The highest BCUT2D eigenvalue weighted by Crippen LogP contribution is 2.34. The van der Waals surface area contributed by atoms with Crippen LogP contribution in [0, 0.1) is 13.8 Å². The van der Waals surface area contributed by atoms with Crippen molar-refractivity contribution in [3.05, 3.63) is 64.3 Å². The minimum Gasteiger partial charge on any atom is -0.462 e. The molecule has 0 fully saturated rings. The molecule has 0 aliphatic rings. The molecule has 0 saturated carbocycles. The number of carbonyl (C=O) groups excluding carboxylic acids is 3. The average molecular weight is 607 g/mol. The molecule has 1 N–H and O–H groups in total. The van der Waals surface area contributed by atoms with Gasteiger partial charge in [0.15, 0.2) is 15.0 Å². The normalized spacial score (nSPS) is 11.2. The van der Waals surface area contributed by atoms with Gasteiger partial charge in [-0.1, -0.05) is 35.5 Å². The Morgan fingerprint density at radius 2 is 1.73 bits per heavy atom. The third-order valence-electron chi connectivity index (χ3n) is 5.48. The van der Waals surface area contributed by atoms with Gasteiger partial charge in [0.2, 0.25) is 5.91 Å². The zero-order valence-electron chi connectivity index (χ0n) is 22.6. The maximum absolute atomic E-state index is 13.0. The average Bonchev–Trinajstić information content (AvgIpc) is 3.42. The summed E-state index contributed by atoms with van der Waals surface area (Å²) in [6.07, 6.45) is 1.58. The lowest BCUT2D eigenvalue weighted by molar-refractivity contribution is -0.113. The fraction of sp³-hybridized carbons (Fsp3) is 0.346. The van der Waals surface area contributed by atoms with Crippen LogP contribution in [0.25, 0.3) is 0 Å². The summed E-state index contributed by atoms with van der Waals surface area (Å²) in [7, 11) is -3.69. The third kappa shape index (κ3) is 7.37. The zero-order chi connectivity index (χ0) is 29.4. The summed E-state index contributed by atoms with van der Waals surface area (Å²) in [5, 5.41) is 11.3. The quantitative estimate of drug-likeness (QED) is 0.171. The number of thiophene rings is 1. The van der Waals surface area contributed by atoms with Crippen LogP contribution in [0.5, 0.6) is 0 Å². The highest BCUT2D eigenvalue weighted by molar-refractivity contribution is 7.99. The number of sulfone groups is 1. The molecular formula is C26H30N4O7S3. The van der Waals surface area contributed by atoms with Crippen LogP contribution in [0.4, 0.5) is 5.00 Å². The van der Waals surface area contributed by atoms with Gasteiger partial charge in [-0.3, -0.25) is 4.79 Å². The van der Waals surface area contributed by atoms with E-state index < -0.39 is 27.7 Å². The van der Waals surface area contributed by atoms with Gasteiger partial charge in [0.1, 0.15) is 21.5 Å². The predicted octanol–water partition coefficient (Wildman–Crippen LogP) is 4.20. The number of aromatic nitrogens is 3. The predicted molar refractivity (Wildman–Crippen MR) is 153 cm³/mol. The number of hydrogen-bond acceptors (Lipinski definition) is 11. The Balaban J connectivity index is 1.78. The number of ether oxygens (including phenoxy) is 2. The minimum atomic E-state index is -3.69. The highest BCUT2D eigenvalue weighted by Gasteiger charge is 2.28. The number of hydrogen-bond donors (Lipinski definition) is 1. The summed E-state index contributed by atoms with van der Waals surface area (Å²) in [4.78, 5) is 38.2. The second-order valence-electron chi connectivity index (χ2n) is 8.41. The van der Waals surface area contributed by atoms with Crippen molar-refractivity contribution in [1.29, 1.82) is 0 Å². The summed E-state index contributed by atoms with van der Waals surface area (Å²) in [5.41, 5.74) is 1.39. The molecule has 14 heteroatoms. The van der Waals surface area contributed by atoms with Crippen molar-refractivity contribution in [2.45, 2.75) is 50.0 Å². The van der Waals surface area contributed by atoms with E-state index in [2.05, 4.69) is 22.1 Å². The summed E-state index contributed by atoms with van der Waals surface area (Å²) in [6, 6.07) is 6.53. The van der Waals surface area contributed by atoms with Crippen LogP contribution in [-0.4, -0.2) is 60.0 Å². The number of aryl methyl sites for hydroxylation is 1. The first-order valence-electron chi connectivity index (χ1n) is 12.2. The number of nitrogens with zero attached hydrogens (tertiary/aromatic N) is 3. The number of nitrogens with one attached hydrogen (secondary N) is 1. The van der Waals surface area contributed by atoms with Crippen molar-refractivity contribution >= 4 is 55.8 Å². The van der Waals surface area contributed by atoms with Crippen molar-refractivity contribution < 1.29 is 32.3 Å². The van der Waals surface area contributed by atoms with Crippen molar-refractivity contribution in [2.24, 2.45) is 0 Å². The molecular weight excluding hydrogens is 577 g/mol. The van der Waals surface area contributed by atoms with Gasteiger partial charge in [-0.2, -0.15) is 0 Å². The first kappa shape index (κ1) is 31.0. The maximum Gasteiger partial charge on any atom is 0.348 e. The number of rotatable bonds is 13. The fourth-order valence-electron chi connectivity index (χ4n) is 3.58. The molecule has 0 aliphatic heterocycles. The van der Waals surface area contributed by atoms with Crippen LogP contribution in [0.15, 0.2) is 47.0 Å². The molecule has 0 bridgehead atoms. The van der Waals surface area contributed by atoms with Crippen molar-refractivity contribution in [2.75, 3.05) is 24.3 Å². The van der Waals surface area contributed by atoms with Crippen LogP contribution in [0.1, 0.15) is 50.8 Å². The fourth-order valence-corrected chi connectivity index (χ4v) is 6.72. The summed E-state index contributed by atoms with van der Waals surface area (Å²) < 4.78 is 37.7. The van der Waals surface area contributed by atoms with Gasteiger partial charge in [-0.05, 0) is 45.4 Å². The SMILES string of the molecule is C=CCn1c(CS(=O)(=O)c2ccc(C)cc2)nnc1SCC(=O)Nc1sc(C(=O)OCC)c(C)c1C(=O)OCC. The van der Waals surface area contributed by atoms with Crippen LogP contribution < -0.4 is 5.32 Å². The Morgan fingerprint density at radius 3 is 2.35 bits per heavy atom. The Hall–Kier alpha value is -3.49. The molecule has 1 amide bonds. The topological polar surface area (TPSA) is 147 Å². The molecule has 0 radical (unpaired) electrons. The number of carbonyl (C=O) groups is 3. The van der Waals surface area contributed by atoms with Crippen molar-refractivity contribution in [3.8, 4) is 0 Å². The van der Waals surface area contributed by atoms with Gasteiger partial charge in [-0.15, -0.1) is 28.1 Å². The molecule has 3 rings (SSSR count). The molecule has 0 atom stereocenters. The van der Waals surface area contributed by atoms with Gasteiger partial charge < -0.3 is 19.4 Å². The Bertz CT molecular complexity index is 1510. The van der Waals surface area contributed by atoms with Gasteiger partial charge in [0.05, 0.1) is 29.4 Å². The van der Waals surface area contributed by atoms with E-state index in [4.69, 9.17) is 9.47 Å². The van der Waals surface area contributed by atoms with E-state index in [1.165, 1.54) is 0 Å². The smallest absolute Gasteiger partial charge is 0.348 e. The van der Waals surface area contributed by atoms with Gasteiger partial charge >= 0.3 is 11.9 Å². The van der Waals surface area contributed by atoms with E-state index >= 15 is 0 Å². The van der Waals surface area contributed by atoms with Crippen molar-refractivity contribution in [1.82, 2.24) is 14.8 Å². The Kier molecular flexibility index (Phi) is 10.7. The molecule has 0 spiro atoms. The van der Waals surface area contributed by atoms with Crippen LogP contribution in [0.2, 0.25) is 0 Å². The number of benzene rings is 1. The summed E-state index contributed by atoms with van der Waals surface area (Å²) in [6.45, 7) is 11.0. The third-order valence-corrected chi connectivity index (χ3v) is 9.26. The number of amides is 1. The van der Waals surface area contributed by atoms with E-state index in [0.717, 1.165) is 28.7 Å². The molecule has 0 unspecified atom stereocenters. The first-order chi connectivity index (χ1) is 19.0.